The predicted molar refractivity (Wildman–Crippen MR) is 67.9 cm³/mol. The van der Waals surface area contributed by atoms with E-state index in [9.17, 15) is 0 Å². The van der Waals surface area contributed by atoms with Gasteiger partial charge in [0.15, 0.2) is 0 Å². The van der Waals surface area contributed by atoms with Gasteiger partial charge in [-0.2, -0.15) is 0 Å². The zero-order chi connectivity index (χ0) is 11.7. The summed E-state index contributed by atoms with van der Waals surface area (Å²) in [6, 6.07) is 8.30. The van der Waals surface area contributed by atoms with Gasteiger partial charge >= 0.3 is 0 Å². The number of H-pyrrole nitrogens is 1. The summed E-state index contributed by atoms with van der Waals surface area (Å²) < 4.78 is 0. The Kier molecular flexibility index (Phi) is 3.01. The molecule has 1 aromatic heterocycles. The van der Waals surface area contributed by atoms with E-state index in [1.54, 1.807) is 0 Å². The number of halogens is 1. The van der Waals surface area contributed by atoms with Crippen molar-refractivity contribution in [1.82, 2.24) is 9.97 Å². The van der Waals surface area contributed by atoms with Gasteiger partial charge in [0.05, 0.1) is 5.69 Å². The number of imidazole rings is 1. The summed E-state index contributed by atoms with van der Waals surface area (Å²) in [6.07, 6.45) is 0. The lowest BCUT2D eigenvalue weighted by molar-refractivity contribution is 0.835. The third-order valence-corrected chi connectivity index (χ3v) is 2.75. The molecule has 0 fully saturated rings. The quantitative estimate of drug-likeness (QED) is 0.831. The van der Waals surface area contributed by atoms with E-state index in [0.29, 0.717) is 11.2 Å². The van der Waals surface area contributed by atoms with Crippen LogP contribution in [0.15, 0.2) is 24.3 Å². The van der Waals surface area contributed by atoms with Crippen LogP contribution in [0, 0.1) is 6.92 Å². The first-order chi connectivity index (χ1) is 7.58. The third-order valence-electron chi connectivity index (χ3n) is 2.57. The summed E-state index contributed by atoms with van der Waals surface area (Å²) in [4.78, 5) is 7.47. The summed E-state index contributed by atoms with van der Waals surface area (Å²) in [5.41, 5.74) is 4.40. The minimum Gasteiger partial charge on any atom is -0.332 e. The lowest BCUT2D eigenvalue weighted by atomic mass is 10.0. The highest BCUT2D eigenvalue weighted by molar-refractivity contribution is 6.28. The van der Waals surface area contributed by atoms with Crippen LogP contribution in [0.2, 0.25) is 5.28 Å². The molecule has 1 heterocycles. The molecule has 0 radical (unpaired) electrons. The second-order valence-corrected chi connectivity index (χ2v) is 4.67. The van der Waals surface area contributed by atoms with E-state index in [0.717, 1.165) is 17.0 Å². The highest BCUT2D eigenvalue weighted by Gasteiger charge is 2.13. The van der Waals surface area contributed by atoms with Crippen molar-refractivity contribution in [2.24, 2.45) is 0 Å². The Bertz CT molecular complexity index is 500. The van der Waals surface area contributed by atoms with Crippen LogP contribution < -0.4 is 0 Å². The van der Waals surface area contributed by atoms with E-state index in [1.165, 1.54) is 5.56 Å². The topological polar surface area (TPSA) is 28.7 Å². The normalized spacial score (nSPS) is 11.1. The first-order valence-corrected chi connectivity index (χ1v) is 5.78. The molecule has 0 unspecified atom stereocenters. The molecule has 0 aliphatic heterocycles. The zero-order valence-electron chi connectivity index (χ0n) is 9.71. The molecule has 2 rings (SSSR count). The van der Waals surface area contributed by atoms with Crippen LogP contribution in [0.5, 0.6) is 0 Å². The summed E-state index contributed by atoms with van der Waals surface area (Å²) in [6.45, 7) is 6.33. The summed E-state index contributed by atoms with van der Waals surface area (Å²) in [7, 11) is 0. The Morgan fingerprint density at radius 1 is 1.31 bits per heavy atom. The number of nitrogens with one attached hydrogen (secondary N) is 1. The van der Waals surface area contributed by atoms with Gasteiger partial charge in [0.25, 0.3) is 0 Å². The number of nitrogens with zero attached hydrogens (tertiary/aromatic N) is 1. The van der Waals surface area contributed by atoms with E-state index in [4.69, 9.17) is 11.6 Å². The maximum absolute atomic E-state index is 5.93. The number of aromatic amines is 1. The van der Waals surface area contributed by atoms with Gasteiger partial charge in [0.1, 0.15) is 0 Å². The van der Waals surface area contributed by atoms with Crippen LogP contribution in [0.3, 0.4) is 0 Å². The fourth-order valence-electron chi connectivity index (χ4n) is 1.79. The SMILES string of the molecule is Cc1cccc(-c2nc(Cl)[nH]c2C(C)C)c1. The van der Waals surface area contributed by atoms with Crippen LogP contribution in [0.4, 0.5) is 0 Å². The minimum absolute atomic E-state index is 0.385. The molecule has 16 heavy (non-hydrogen) atoms. The van der Waals surface area contributed by atoms with Crippen molar-refractivity contribution in [2.75, 3.05) is 0 Å². The van der Waals surface area contributed by atoms with E-state index in [-0.39, 0.29) is 0 Å². The van der Waals surface area contributed by atoms with E-state index >= 15 is 0 Å². The Hall–Kier alpha value is -1.28. The average Bonchev–Trinajstić information content (AvgIpc) is 2.60. The molecule has 0 spiro atoms. The van der Waals surface area contributed by atoms with Crippen LogP contribution >= 0.6 is 11.6 Å². The predicted octanol–water partition coefficient (Wildman–Crippen LogP) is 4.16. The molecule has 2 nitrogen and oxygen atoms in total. The van der Waals surface area contributed by atoms with Crippen molar-refractivity contribution < 1.29 is 0 Å². The first-order valence-electron chi connectivity index (χ1n) is 5.40. The molecule has 0 saturated carbocycles. The maximum Gasteiger partial charge on any atom is 0.200 e. The standard InChI is InChI=1S/C13H15ClN2/c1-8(2)11-12(16-13(14)15-11)10-6-4-5-9(3)7-10/h4-8H,1-3H3,(H,15,16). The number of rotatable bonds is 2. The molecule has 0 saturated heterocycles. The minimum atomic E-state index is 0.385. The van der Waals surface area contributed by atoms with Crippen molar-refractivity contribution in [3.8, 4) is 11.3 Å². The molecule has 0 aliphatic carbocycles. The molecular weight excluding hydrogens is 220 g/mol. The molecule has 2 aromatic rings. The Morgan fingerprint density at radius 2 is 2.06 bits per heavy atom. The van der Waals surface area contributed by atoms with Gasteiger partial charge in [-0.25, -0.2) is 4.98 Å². The third kappa shape index (κ3) is 2.12. The summed E-state index contributed by atoms with van der Waals surface area (Å²) in [5.74, 6) is 0.385. The van der Waals surface area contributed by atoms with Crippen LogP contribution in [0.25, 0.3) is 11.3 Å². The molecule has 0 atom stereocenters. The van der Waals surface area contributed by atoms with Gasteiger partial charge < -0.3 is 4.98 Å². The van der Waals surface area contributed by atoms with Gasteiger partial charge in [-0.15, -0.1) is 0 Å². The fraction of sp³-hybridized carbons (Fsp3) is 0.308. The van der Waals surface area contributed by atoms with Crippen LogP contribution in [-0.4, -0.2) is 9.97 Å². The van der Waals surface area contributed by atoms with Crippen molar-refractivity contribution in [2.45, 2.75) is 26.7 Å². The largest absolute Gasteiger partial charge is 0.332 e. The second-order valence-electron chi connectivity index (χ2n) is 4.31. The van der Waals surface area contributed by atoms with Crippen molar-refractivity contribution >= 4 is 11.6 Å². The number of hydrogen-bond acceptors (Lipinski definition) is 1. The van der Waals surface area contributed by atoms with Gasteiger partial charge in [-0.1, -0.05) is 37.6 Å². The highest BCUT2D eigenvalue weighted by atomic mass is 35.5. The molecule has 1 aromatic carbocycles. The van der Waals surface area contributed by atoms with Gasteiger partial charge in [-0.05, 0) is 30.5 Å². The van der Waals surface area contributed by atoms with Crippen molar-refractivity contribution in [1.29, 1.82) is 0 Å². The summed E-state index contributed by atoms with van der Waals surface area (Å²) in [5, 5.41) is 0.459. The molecule has 84 valence electrons. The Morgan fingerprint density at radius 3 is 2.69 bits per heavy atom. The monoisotopic (exact) mass is 234 g/mol. The van der Waals surface area contributed by atoms with E-state index in [2.05, 4.69) is 48.9 Å². The van der Waals surface area contributed by atoms with Crippen molar-refractivity contribution in [3.63, 3.8) is 0 Å². The molecule has 0 bridgehead atoms. The fourth-order valence-corrected chi connectivity index (χ4v) is 1.97. The summed E-state index contributed by atoms with van der Waals surface area (Å²) >= 11 is 5.93. The van der Waals surface area contributed by atoms with Gasteiger partial charge in [0, 0.05) is 11.3 Å². The number of aromatic nitrogens is 2. The number of hydrogen-bond donors (Lipinski definition) is 1. The Labute approximate surface area is 101 Å². The van der Waals surface area contributed by atoms with Gasteiger partial charge in [-0.3, -0.25) is 0 Å². The van der Waals surface area contributed by atoms with Crippen LogP contribution in [0.1, 0.15) is 31.0 Å². The van der Waals surface area contributed by atoms with E-state index < -0.39 is 0 Å². The average molecular weight is 235 g/mol. The highest BCUT2D eigenvalue weighted by Crippen LogP contribution is 2.28. The molecule has 3 heteroatoms. The molecule has 0 amide bonds. The van der Waals surface area contributed by atoms with Crippen molar-refractivity contribution in [3.05, 3.63) is 40.8 Å². The molecular formula is C13H15ClN2. The lowest BCUT2D eigenvalue weighted by Crippen LogP contribution is -1.91. The lowest BCUT2D eigenvalue weighted by Gasteiger charge is -2.06. The smallest absolute Gasteiger partial charge is 0.200 e. The number of aryl methyl sites for hydroxylation is 1. The Balaban J connectivity index is 2.55. The molecule has 0 aliphatic rings. The van der Waals surface area contributed by atoms with Crippen LogP contribution in [-0.2, 0) is 0 Å². The molecule has 1 N–H and O–H groups in total. The second kappa shape index (κ2) is 4.30. The zero-order valence-corrected chi connectivity index (χ0v) is 10.5. The first kappa shape index (κ1) is 11.2. The van der Waals surface area contributed by atoms with E-state index in [1.807, 2.05) is 6.07 Å². The maximum atomic E-state index is 5.93. The number of benzene rings is 1. The van der Waals surface area contributed by atoms with Gasteiger partial charge in [0.2, 0.25) is 5.28 Å².